The van der Waals surface area contributed by atoms with E-state index in [1.165, 1.54) is 17.3 Å². The highest BCUT2D eigenvalue weighted by Gasteiger charge is 2.33. The van der Waals surface area contributed by atoms with E-state index in [4.69, 9.17) is 4.74 Å². The average Bonchev–Trinajstić information content (AvgIpc) is 2.84. The molecule has 1 fully saturated rings. The normalized spacial score (nSPS) is 17.6. The number of hydrogen-bond acceptors (Lipinski definition) is 4. The summed E-state index contributed by atoms with van der Waals surface area (Å²) in [5.74, 6) is -0.621. The number of pyridine rings is 1. The topological polar surface area (TPSA) is 54.5 Å². The van der Waals surface area contributed by atoms with E-state index in [1.54, 1.807) is 6.07 Å². The molecule has 0 bridgehead atoms. The SMILES string of the molecule is Cc1ccc(NC(=O)c2ccnc(C(F)(F)F)c2)cc1-c1ccc2c(c1)N1CCOCC1CC2. The number of benzene rings is 2. The molecule has 2 aliphatic rings. The third kappa shape index (κ3) is 4.37. The van der Waals surface area contributed by atoms with Crippen molar-refractivity contribution in [1.82, 2.24) is 4.98 Å². The van der Waals surface area contributed by atoms with Crippen LogP contribution in [0.5, 0.6) is 0 Å². The van der Waals surface area contributed by atoms with Crippen LogP contribution >= 0.6 is 0 Å². The molecule has 0 aliphatic carbocycles. The van der Waals surface area contributed by atoms with Crippen LogP contribution in [-0.4, -0.2) is 36.7 Å². The molecule has 2 aromatic carbocycles. The van der Waals surface area contributed by atoms with Gasteiger partial charge in [-0.25, -0.2) is 0 Å². The third-order valence-corrected chi connectivity index (χ3v) is 6.49. The molecule has 5 rings (SSSR count). The van der Waals surface area contributed by atoms with Gasteiger partial charge in [-0.3, -0.25) is 9.78 Å². The number of amides is 1. The molecule has 8 heteroatoms. The molecule has 0 saturated carbocycles. The fourth-order valence-corrected chi connectivity index (χ4v) is 4.68. The Morgan fingerprint density at radius 1 is 1.15 bits per heavy atom. The number of carbonyl (C=O) groups excluding carboxylic acids is 1. The lowest BCUT2D eigenvalue weighted by Gasteiger charge is -2.42. The summed E-state index contributed by atoms with van der Waals surface area (Å²) in [6.07, 6.45) is -1.53. The first-order valence-corrected chi connectivity index (χ1v) is 11.2. The fourth-order valence-electron chi connectivity index (χ4n) is 4.68. The number of fused-ring (bicyclic) bond motifs is 3. The Hall–Kier alpha value is -3.39. The molecule has 0 spiro atoms. The first kappa shape index (κ1) is 22.4. The zero-order valence-corrected chi connectivity index (χ0v) is 18.7. The molecular formula is C26H24F3N3O2. The Labute approximate surface area is 195 Å². The molecule has 2 aliphatic heterocycles. The molecule has 1 aromatic heterocycles. The van der Waals surface area contributed by atoms with Crippen molar-refractivity contribution in [2.24, 2.45) is 0 Å². The molecule has 0 radical (unpaired) electrons. The third-order valence-electron chi connectivity index (χ3n) is 6.49. The molecular weight excluding hydrogens is 443 g/mol. The van der Waals surface area contributed by atoms with Crippen molar-refractivity contribution >= 4 is 17.3 Å². The Morgan fingerprint density at radius 2 is 2.00 bits per heavy atom. The number of aromatic nitrogens is 1. The van der Waals surface area contributed by atoms with E-state index in [-0.39, 0.29) is 5.56 Å². The smallest absolute Gasteiger partial charge is 0.377 e. The van der Waals surface area contributed by atoms with Gasteiger partial charge >= 0.3 is 6.18 Å². The Balaban J connectivity index is 1.42. The molecule has 5 nitrogen and oxygen atoms in total. The molecule has 1 atom stereocenters. The summed E-state index contributed by atoms with van der Waals surface area (Å²) in [6, 6.07) is 14.4. The lowest BCUT2D eigenvalue weighted by molar-refractivity contribution is -0.141. The summed E-state index contributed by atoms with van der Waals surface area (Å²) >= 11 is 0. The highest BCUT2D eigenvalue weighted by molar-refractivity contribution is 6.04. The van der Waals surface area contributed by atoms with Crippen LogP contribution in [0.25, 0.3) is 11.1 Å². The van der Waals surface area contributed by atoms with Gasteiger partial charge in [0.1, 0.15) is 5.69 Å². The van der Waals surface area contributed by atoms with E-state index in [9.17, 15) is 18.0 Å². The van der Waals surface area contributed by atoms with E-state index in [0.717, 1.165) is 54.9 Å². The van der Waals surface area contributed by atoms with Crippen molar-refractivity contribution in [3.8, 4) is 11.1 Å². The van der Waals surface area contributed by atoms with Crippen molar-refractivity contribution in [2.75, 3.05) is 30.0 Å². The van der Waals surface area contributed by atoms with Crippen LogP contribution in [0, 0.1) is 6.92 Å². The predicted octanol–water partition coefficient (Wildman–Crippen LogP) is 5.48. The number of halogens is 3. The minimum Gasteiger partial charge on any atom is -0.377 e. The summed E-state index contributed by atoms with van der Waals surface area (Å²) in [6.45, 7) is 4.32. The number of alkyl halides is 3. The fraction of sp³-hybridized carbons (Fsp3) is 0.308. The van der Waals surface area contributed by atoms with Gasteiger partial charge in [0.15, 0.2) is 0 Å². The number of nitrogens with zero attached hydrogens (tertiary/aromatic N) is 2. The van der Waals surface area contributed by atoms with Crippen LogP contribution in [0.4, 0.5) is 24.5 Å². The van der Waals surface area contributed by atoms with Gasteiger partial charge < -0.3 is 15.0 Å². The summed E-state index contributed by atoms with van der Waals surface area (Å²) in [5, 5.41) is 2.72. The van der Waals surface area contributed by atoms with Gasteiger partial charge in [0.2, 0.25) is 0 Å². The van der Waals surface area contributed by atoms with Crippen LogP contribution in [-0.2, 0) is 17.3 Å². The van der Waals surface area contributed by atoms with Gasteiger partial charge in [0.05, 0.1) is 19.3 Å². The maximum atomic E-state index is 13.0. The monoisotopic (exact) mass is 467 g/mol. The van der Waals surface area contributed by atoms with Crippen LogP contribution in [0.3, 0.4) is 0 Å². The molecule has 1 saturated heterocycles. The Morgan fingerprint density at radius 3 is 2.82 bits per heavy atom. The number of nitrogens with one attached hydrogen (secondary N) is 1. The summed E-state index contributed by atoms with van der Waals surface area (Å²) in [5.41, 5.74) is 4.89. The first-order chi connectivity index (χ1) is 16.3. The van der Waals surface area contributed by atoms with Crippen molar-refractivity contribution in [1.29, 1.82) is 0 Å². The summed E-state index contributed by atoms with van der Waals surface area (Å²) < 4.78 is 44.5. The van der Waals surface area contributed by atoms with Gasteiger partial charge in [0.25, 0.3) is 5.91 Å². The van der Waals surface area contributed by atoms with Crippen LogP contribution in [0.2, 0.25) is 0 Å². The van der Waals surface area contributed by atoms with E-state index in [0.29, 0.717) is 18.3 Å². The quantitative estimate of drug-likeness (QED) is 0.554. The number of hydrogen-bond donors (Lipinski definition) is 1. The van der Waals surface area contributed by atoms with Crippen LogP contribution < -0.4 is 10.2 Å². The van der Waals surface area contributed by atoms with Gasteiger partial charge in [-0.05, 0) is 72.4 Å². The van der Waals surface area contributed by atoms with Crippen molar-refractivity contribution in [3.05, 3.63) is 77.1 Å². The second-order valence-corrected chi connectivity index (χ2v) is 8.72. The first-order valence-electron chi connectivity index (χ1n) is 11.2. The minimum absolute atomic E-state index is 0.100. The highest BCUT2D eigenvalue weighted by Crippen LogP contribution is 2.37. The van der Waals surface area contributed by atoms with Gasteiger partial charge in [-0.15, -0.1) is 0 Å². The maximum Gasteiger partial charge on any atom is 0.433 e. The predicted molar refractivity (Wildman–Crippen MR) is 124 cm³/mol. The van der Waals surface area contributed by atoms with Crippen molar-refractivity contribution < 1.29 is 22.7 Å². The van der Waals surface area contributed by atoms with E-state index < -0.39 is 17.8 Å². The lowest BCUT2D eigenvalue weighted by atomic mass is 9.91. The molecule has 3 heterocycles. The second kappa shape index (κ2) is 8.76. The van der Waals surface area contributed by atoms with Crippen molar-refractivity contribution in [3.63, 3.8) is 0 Å². The summed E-state index contributed by atoms with van der Waals surface area (Å²) in [7, 11) is 0. The second-order valence-electron chi connectivity index (χ2n) is 8.72. The number of carbonyl (C=O) groups is 1. The molecule has 1 unspecified atom stereocenters. The number of aryl methyl sites for hydroxylation is 2. The Kier molecular flexibility index (Phi) is 5.77. The molecule has 1 N–H and O–H groups in total. The van der Waals surface area contributed by atoms with Gasteiger partial charge in [-0.1, -0.05) is 18.2 Å². The van der Waals surface area contributed by atoms with Crippen LogP contribution in [0.1, 0.15) is 33.6 Å². The lowest BCUT2D eigenvalue weighted by Crippen LogP contribution is -2.48. The standard InChI is InChI=1S/C26H24F3N3O2/c1-16-2-6-20(31-25(33)19-8-9-30-24(13-19)26(27,28)29)14-22(16)18-4-3-17-5-7-21-15-34-11-10-32(21)23(17)12-18/h2-4,6,8-9,12-14,21H,5,7,10-11,15H2,1H3,(H,31,33). The molecule has 176 valence electrons. The van der Waals surface area contributed by atoms with E-state index in [2.05, 4.69) is 33.4 Å². The van der Waals surface area contributed by atoms with E-state index in [1.807, 2.05) is 19.1 Å². The Bertz CT molecular complexity index is 1240. The van der Waals surface area contributed by atoms with E-state index >= 15 is 0 Å². The number of morpholine rings is 1. The number of ether oxygens (including phenoxy) is 1. The number of rotatable bonds is 3. The van der Waals surface area contributed by atoms with Gasteiger partial charge in [-0.2, -0.15) is 13.2 Å². The summed E-state index contributed by atoms with van der Waals surface area (Å²) in [4.78, 5) is 18.4. The average molecular weight is 467 g/mol. The highest BCUT2D eigenvalue weighted by atomic mass is 19.4. The molecule has 34 heavy (non-hydrogen) atoms. The molecule has 1 amide bonds. The number of anilines is 2. The largest absolute Gasteiger partial charge is 0.433 e. The zero-order valence-electron chi connectivity index (χ0n) is 18.7. The molecule has 3 aromatic rings. The maximum absolute atomic E-state index is 13.0. The minimum atomic E-state index is -4.61. The zero-order chi connectivity index (χ0) is 23.9. The van der Waals surface area contributed by atoms with Crippen LogP contribution in [0.15, 0.2) is 54.7 Å². The van der Waals surface area contributed by atoms with Gasteiger partial charge in [0, 0.05) is 29.7 Å². The van der Waals surface area contributed by atoms with Crippen molar-refractivity contribution in [2.45, 2.75) is 32.0 Å².